The predicted octanol–water partition coefficient (Wildman–Crippen LogP) is 2.58. The maximum Gasteiger partial charge on any atom is 0.169 e. The van der Waals surface area contributed by atoms with Gasteiger partial charge in [-0.3, -0.25) is 4.90 Å². The smallest absolute Gasteiger partial charge is 0.169 e. The number of hydrogen-bond donors (Lipinski definition) is 1. The first-order valence-corrected chi connectivity index (χ1v) is 7.58. The molecule has 0 aromatic heterocycles. The molecule has 1 aliphatic heterocycles. The second kappa shape index (κ2) is 6.10. The molecule has 3 nitrogen and oxygen atoms in total. The molecule has 110 valence electrons. The van der Waals surface area contributed by atoms with Gasteiger partial charge >= 0.3 is 0 Å². The zero-order valence-corrected chi connectivity index (χ0v) is 12.1. The summed E-state index contributed by atoms with van der Waals surface area (Å²) in [4.78, 5) is 2.44. The van der Waals surface area contributed by atoms with Gasteiger partial charge in [0.2, 0.25) is 0 Å². The van der Waals surface area contributed by atoms with Gasteiger partial charge in [0.05, 0.1) is 7.11 Å². The molecule has 0 spiro atoms. The molecule has 20 heavy (non-hydrogen) atoms. The zero-order chi connectivity index (χ0) is 13.9. The van der Waals surface area contributed by atoms with E-state index in [9.17, 15) is 4.39 Å². The Morgan fingerprint density at radius 1 is 1.30 bits per heavy atom. The fourth-order valence-electron chi connectivity index (χ4n) is 3.38. The predicted molar refractivity (Wildman–Crippen MR) is 77.5 cm³/mol. The van der Waals surface area contributed by atoms with Gasteiger partial charge in [-0.05, 0) is 24.8 Å². The first-order valence-electron chi connectivity index (χ1n) is 7.58. The summed E-state index contributed by atoms with van der Waals surface area (Å²) in [6, 6.07) is 5.75. The van der Waals surface area contributed by atoms with Crippen LogP contribution in [0.25, 0.3) is 0 Å². The molecule has 0 bridgehead atoms. The van der Waals surface area contributed by atoms with Crippen LogP contribution < -0.4 is 10.1 Å². The van der Waals surface area contributed by atoms with Crippen LogP contribution in [0.1, 0.15) is 30.9 Å². The Labute approximate surface area is 120 Å². The van der Waals surface area contributed by atoms with Gasteiger partial charge in [-0.2, -0.15) is 0 Å². The topological polar surface area (TPSA) is 24.5 Å². The minimum absolute atomic E-state index is 0.176. The van der Waals surface area contributed by atoms with Crippen LogP contribution in [-0.2, 0) is 0 Å². The molecule has 1 aromatic rings. The van der Waals surface area contributed by atoms with Gasteiger partial charge in [0, 0.05) is 37.8 Å². The average Bonchev–Trinajstić information content (AvgIpc) is 2.44. The lowest BCUT2D eigenvalue weighted by molar-refractivity contribution is 0.0808. The quantitative estimate of drug-likeness (QED) is 0.916. The van der Waals surface area contributed by atoms with Gasteiger partial charge in [0.25, 0.3) is 0 Å². The summed E-state index contributed by atoms with van der Waals surface area (Å²) in [5.41, 5.74) is 0.816. The van der Waals surface area contributed by atoms with E-state index in [2.05, 4.69) is 10.2 Å². The molecule has 1 aromatic carbocycles. The summed E-state index contributed by atoms with van der Waals surface area (Å²) >= 11 is 0. The summed E-state index contributed by atoms with van der Waals surface area (Å²) in [6.45, 7) is 3.99. The number of methoxy groups -OCH3 is 1. The fraction of sp³-hybridized carbons (Fsp3) is 0.625. The molecule has 3 rings (SSSR count). The summed E-state index contributed by atoms with van der Waals surface area (Å²) in [5, 5.41) is 3.37. The van der Waals surface area contributed by atoms with Crippen LogP contribution >= 0.6 is 0 Å². The van der Waals surface area contributed by atoms with Crippen LogP contribution in [-0.4, -0.2) is 38.2 Å². The molecule has 4 heteroatoms. The third-order valence-electron chi connectivity index (χ3n) is 4.67. The first kappa shape index (κ1) is 13.8. The lowest BCUT2D eigenvalue weighted by Gasteiger charge is -2.43. The Morgan fingerprint density at radius 2 is 2.05 bits per heavy atom. The maximum absolute atomic E-state index is 14.6. The summed E-state index contributed by atoms with van der Waals surface area (Å²) in [7, 11) is 1.53. The highest BCUT2D eigenvalue weighted by Gasteiger charge is 2.35. The molecule has 0 amide bonds. The zero-order valence-electron chi connectivity index (χ0n) is 12.1. The van der Waals surface area contributed by atoms with Crippen molar-refractivity contribution in [2.24, 2.45) is 5.92 Å². The second-order valence-corrected chi connectivity index (χ2v) is 5.79. The average molecular weight is 278 g/mol. The SMILES string of the molecule is COc1cccc([C@H](C2CCC2)N2CCNCC2)c1F. The van der Waals surface area contributed by atoms with E-state index < -0.39 is 0 Å². The fourth-order valence-corrected chi connectivity index (χ4v) is 3.38. The normalized spacial score (nSPS) is 22.3. The molecule has 1 saturated carbocycles. The van der Waals surface area contributed by atoms with Crippen molar-refractivity contribution in [2.45, 2.75) is 25.3 Å². The van der Waals surface area contributed by atoms with Crippen molar-refractivity contribution in [2.75, 3.05) is 33.3 Å². The van der Waals surface area contributed by atoms with Crippen molar-refractivity contribution in [3.8, 4) is 5.75 Å². The van der Waals surface area contributed by atoms with E-state index in [0.717, 1.165) is 31.7 Å². The van der Waals surface area contributed by atoms with Crippen molar-refractivity contribution in [3.63, 3.8) is 0 Å². The lowest BCUT2D eigenvalue weighted by atomic mass is 9.76. The summed E-state index contributed by atoms with van der Waals surface area (Å²) < 4.78 is 19.8. The molecule has 1 atom stereocenters. The molecule has 1 saturated heterocycles. The molecular formula is C16H23FN2O. The highest BCUT2D eigenvalue weighted by atomic mass is 19.1. The van der Waals surface area contributed by atoms with E-state index in [1.54, 1.807) is 6.07 Å². The van der Waals surface area contributed by atoms with Crippen molar-refractivity contribution in [1.82, 2.24) is 10.2 Å². The minimum Gasteiger partial charge on any atom is -0.494 e. The van der Waals surface area contributed by atoms with E-state index in [1.165, 1.54) is 26.4 Å². The lowest BCUT2D eigenvalue weighted by Crippen LogP contribution is -2.48. The van der Waals surface area contributed by atoms with Gasteiger partial charge in [-0.1, -0.05) is 18.6 Å². The summed E-state index contributed by atoms with van der Waals surface area (Å²) in [6.07, 6.45) is 3.70. The number of benzene rings is 1. The third kappa shape index (κ3) is 2.54. The second-order valence-electron chi connectivity index (χ2n) is 5.79. The number of nitrogens with zero attached hydrogens (tertiary/aromatic N) is 1. The Bertz CT molecular complexity index is 456. The Hall–Kier alpha value is -1.13. The van der Waals surface area contributed by atoms with Crippen molar-refractivity contribution >= 4 is 0 Å². The van der Waals surface area contributed by atoms with E-state index in [-0.39, 0.29) is 11.9 Å². The third-order valence-corrected chi connectivity index (χ3v) is 4.67. The summed E-state index contributed by atoms with van der Waals surface area (Å²) in [5.74, 6) is 0.780. The molecule has 2 aliphatic rings. The highest BCUT2D eigenvalue weighted by molar-refractivity contribution is 5.33. The van der Waals surface area contributed by atoms with E-state index in [4.69, 9.17) is 4.74 Å². The van der Waals surface area contributed by atoms with E-state index in [0.29, 0.717) is 11.7 Å². The molecular weight excluding hydrogens is 255 g/mol. The van der Waals surface area contributed by atoms with Crippen LogP contribution in [0.3, 0.4) is 0 Å². The van der Waals surface area contributed by atoms with Crippen LogP contribution in [0.5, 0.6) is 5.75 Å². The van der Waals surface area contributed by atoms with Crippen LogP contribution in [0.4, 0.5) is 4.39 Å². The van der Waals surface area contributed by atoms with E-state index >= 15 is 0 Å². The number of halogens is 1. The van der Waals surface area contributed by atoms with Gasteiger partial charge in [0.15, 0.2) is 11.6 Å². The van der Waals surface area contributed by atoms with Gasteiger partial charge in [-0.25, -0.2) is 4.39 Å². The van der Waals surface area contributed by atoms with E-state index in [1.807, 2.05) is 12.1 Å². The van der Waals surface area contributed by atoms with Crippen LogP contribution in [0.2, 0.25) is 0 Å². The molecule has 1 N–H and O–H groups in total. The van der Waals surface area contributed by atoms with Gasteiger partial charge in [0.1, 0.15) is 0 Å². The number of rotatable bonds is 4. The Kier molecular flexibility index (Phi) is 4.22. The largest absolute Gasteiger partial charge is 0.494 e. The molecule has 2 fully saturated rings. The Morgan fingerprint density at radius 3 is 2.65 bits per heavy atom. The standard InChI is InChI=1S/C16H23FN2O/c1-20-14-7-3-6-13(15(14)17)16(12-4-2-5-12)19-10-8-18-9-11-19/h3,6-7,12,16,18H,2,4-5,8-11H2,1H3/t16-/m0/s1. The molecule has 1 heterocycles. The molecule has 0 radical (unpaired) electrons. The number of piperazine rings is 1. The molecule has 0 unspecified atom stereocenters. The number of nitrogens with one attached hydrogen (secondary N) is 1. The van der Waals surface area contributed by atoms with Gasteiger partial charge in [-0.15, -0.1) is 0 Å². The highest BCUT2D eigenvalue weighted by Crippen LogP contribution is 2.43. The van der Waals surface area contributed by atoms with Crippen LogP contribution in [0, 0.1) is 11.7 Å². The van der Waals surface area contributed by atoms with Gasteiger partial charge < -0.3 is 10.1 Å². The minimum atomic E-state index is -0.176. The maximum atomic E-state index is 14.6. The monoisotopic (exact) mass is 278 g/mol. The number of ether oxygens (including phenoxy) is 1. The number of hydrogen-bond acceptors (Lipinski definition) is 3. The van der Waals surface area contributed by atoms with Crippen molar-refractivity contribution < 1.29 is 9.13 Å². The molecule has 1 aliphatic carbocycles. The Balaban J connectivity index is 1.92. The van der Waals surface area contributed by atoms with Crippen molar-refractivity contribution in [1.29, 1.82) is 0 Å². The van der Waals surface area contributed by atoms with Crippen LogP contribution in [0.15, 0.2) is 18.2 Å². The van der Waals surface area contributed by atoms with Crippen molar-refractivity contribution in [3.05, 3.63) is 29.6 Å². The first-order chi connectivity index (χ1) is 9.81.